The lowest BCUT2D eigenvalue weighted by Gasteiger charge is -2.40. The first kappa shape index (κ1) is 29.4. The summed E-state index contributed by atoms with van der Waals surface area (Å²) in [5, 5.41) is 0. The zero-order valence-corrected chi connectivity index (χ0v) is 27.9. The van der Waals surface area contributed by atoms with Crippen molar-refractivity contribution in [3.63, 3.8) is 0 Å². The van der Waals surface area contributed by atoms with Crippen LogP contribution in [0.15, 0.2) is 194 Å². The lowest BCUT2D eigenvalue weighted by Crippen LogP contribution is -2.36. The van der Waals surface area contributed by atoms with E-state index in [1.54, 1.807) is 0 Å². The van der Waals surface area contributed by atoms with E-state index >= 15 is 4.79 Å². The molecule has 0 atom stereocenters. The predicted octanol–water partition coefficient (Wildman–Crippen LogP) is 12.3. The summed E-state index contributed by atoms with van der Waals surface area (Å²) in [6.45, 7) is 0. The Hall–Kier alpha value is -6.57. The zero-order chi connectivity index (χ0) is 33.9. The van der Waals surface area contributed by atoms with Gasteiger partial charge in [0.1, 0.15) is 0 Å². The Bertz CT molecular complexity index is 2460. The number of carbonyl (C=O) groups excluding carboxylic acids is 1. The van der Waals surface area contributed by atoms with Crippen molar-refractivity contribution in [3.05, 3.63) is 228 Å². The van der Waals surface area contributed by atoms with Gasteiger partial charge >= 0.3 is 0 Å². The van der Waals surface area contributed by atoms with E-state index in [0.29, 0.717) is 0 Å². The molecule has 0 heterocycles. The molecule has 238 valence electrons. The lowest BCUT2D eigenvalue weighted by molar-refractivity contribution is 0.103. The van der Waals surface area contributed by atoms with E-state index in [-0.39, 0.29) is 5.78 Å². The summed E-state index contributed by atoms with van der Waals surface area (Å²) in [5.41, 5.74) is 16.7. The van der Waals surface area contributed by atoms with Gasteiger partial charge in [0.2, 0.25) is 0 Å². The topological polar surface area (TPSA) is 17.1 Å². The molecule has 0 fully saturated rings. The minimum Gasteiger partial charge on any atom is -0.289 e. The van der Waals surface area contributed by atoms with Crippen molar-refractivity contribution in [3.8, 4) is 55.6 Å². The first-order valence-corrected chi connectivity index (χ1v) is 17.5. The van der Waals surface area contributed by atoms with Crippen LogP contribution in [-0.2, 0) is 5.41 Å². The average molecular weight is 649 g/mol. The van der Waals surface area contributed by atoms with Crippen LogP contribution in [0.4, 0.5) is 0 Å². The molecule has 0 radical (unpaired) electrons. The Kier molecular flexibility index (Phi) is 6.62. The van der Waals surface area contributed by atoms with Crippen molar-refractivity contribution in [2.24, 2.45) is 0 Å². The van der Waals surface area contributed by atoms with Crippen molar-refractivity contribution in [2.45, 2.75) is 5.41 Å². The third-order valence-electron chi connectivity index (χ3n) is 10.9. The normalized spacial score (nSPS) is 13.3. The molecule has 0 bridgehead atoms. The fourth-order valence-electron chi connectivity index (χ4n) is 8.60. The van der Waals surface area contributed by atoms with Crippen LogP contribution in [0.3, 0.4) is 0 Å². The highest BCUT2D eigenvalue weighted by molar-refractivity contribution is 6.16. The molecule has 1 nitrogen and oxygen atoms in total. The first-order chi connectivity index (χ1) is 25.2. The Morgan fingerprint density at radius 3 is 1.04 bits per heavy atom. The van der Waals surface area contributed by atoms with Crippen molar-refractivity contribution in [1.29, 1.82) is 0 Å². The number of ketones is 1. The molecule has 10 rings (SSSR count). The summed E-state index contributed by atoms with van der Waals surface area (Å²) in [4.78, 5) is 15.0. The van der Waals surface area contributed by atoms with Gasteiger partial charge in [-0.25, -0.2) is 0 Å². The maximum atomic E-state index is 15.0. The van der Waals surface area contributed by atoms with Crippen molar-refractivity contribution >= 4 is 5.78 Å². The lowest BCUT2D eigenvalue weighted by atomic mass is 9.61. The molecule has 0 saturated carbocycles. The van der Waals surface area contributed by atoms with Crippen LogP contribution < -0.4 is 0 Å². The third-order valence-corrected chi connectivity index (χ3v) is 10.9. The quantitative estimate of drug-likeness (QED) is 0.186. The number of fused-ring (bicyclic) bond motifs is 9. The minimum absolute atomic E-state index is 0.0645. The van der Waals surface area contributed by atoms with Crippen LogP contribution in [0.1, 0.15) is 38.2 Å². The Labute approximate surface area is 298 Å². The molecule has 2 aliphatic rings. The highest BCUT2D eigenvalue weighted by Gasteiger charge is 2.51. The monoisotopic (exact) mass is 648 g/mol. The molecule has 0 N–H and O–H groups in total. The van der Waals surface area contributed by atoms with E-state index in [1.807, 2.05) is 12.1 Å². The number of hydrogen-bond acceptors (Lipinski definition) is 1. The van der Waals surface area contributed by atoms with Gasteiger partial charge in [0.05, 0.1) is 5.41 Å². The fraction of sp³-hybridized carbons (Fsp3) is 0.0200. The SMILES string of the molecule is O=C1c2cc(-c3cccc(-c4ccccc4)c3)ccc2C2(c3ccc(-c4cccc(-c5ccccc5)c4)cc31)c1ccccc1-c1ccccc12. The molecule has 8 aromatic rings. The summed E-state index contributed by atoms with van der Waals surface area (Å²) < 4.78 is 0. The highest BCUT2D eigenvalue weighted by atomic mass is 16.1. The van der Waals surface area contributed by atoms with E-state index in [4.69, 9.17) is 0 Å². The van der Waals surface area contributed by atoms with E-state index < -0.39 is 5.41 Å². The van der Waals surface area contributed by atoms with Gasteiger partial charge in [0, 0.05) is 11.1 Å². The molecule has 1 spiro atoms. The standard InChI is InChI=1S/C50H32O/c51-49-43-31-39(37-19-11-17-35(29-37)33-13-3-1-4-14-33)25-27-47(43)50(45-23-9-7-21-41(45)42-22-8-10-24-46(42)50)48-28-26-40(32-44(48)49)38-20-12-18-36(30-38)34-15-5-2-6-16-34/h1-32H. The molecule has 8 aromatic carbocycles. The molecule has 0 amide bonds. The Balaban J connectivity index is 1.20. The molecular formula is C50H32O. The maximum Gasteiger partial charge on any atom is 0.193 e. The van der Waals surface area contributed by atoms with E-state index in [9.17, 15) is 0 Å². The van der Waals surface area contributed by atoms with Crippen LogP contribution in [0.2, 0.25) is 0 Å². The van der Waals surface area contributed by atoms with E-state index in [1.165, 1.54) is 33.4 Å². The van der Waals surface area contributed by atoms with E-state index in [0.717, 1.165) is 55.6 Å². The summed E-state index contributed by atoms with van der Waals surface area (Å²) in [5.74, 6) is 0.0645. The molecule has 51 heavy (non-hydrogen) atoms. The van der Waals surface area contributed by atoms with Crippen LogP contribution >= 0.6 is 0 Å². The second-order valence-electron chi connectivity index (χ2n) is 13.6. The second kappa shape index (κ2) is 11.5. The smallest absolute Gasteiger partial charge is 0.193 e. The maximum absolute atomic E-state index is 15.0. The zero-order valence-electron chi connectivity index (χ0n) is 27.9. The van der Waals surface area contributed by atoms with Crippen molar-refractivity contribution in [1.82, 2.24) is 0 Å². The second-order valence-corrected chi connectivity index (χ2v) is 13.6. The molecule has 0 aliphatic heterocycles. The molecule has 1 heteroatoms. The van der Waals surface area contributed by atoms with Gasteiger partial charge in [-0.1, -0.05) is 170 Å². The fourth-order valence-corrected chi connectivity index (χ4v) is 8.60. The van der Waals surface area contributed by atoms with Gasteiger partial charge in [-0.3, -0.25) is 4.79 Å². The molecule has 0 aromatic heterocycles. The highest BCUT2D eigenvalue weighted by Crippen LogP contribution is 2.59. The number of carbonyl (C=O) groups is 1. The van der Waals surface area contributed by atoms with Crippen molar-refractivity contribution < 1.29 is 4.79 Å². The van der Waals surface area contributed by atoms with Crippen LogP contribution in [0, 0.1) is 0 Å². The predicted molar refractivity (Wildman–Crippen MR) is 209 cm³/mol. The molecule has 0 saturated heterocycles. The Morgan fingerprint density at radius 2 is 0.588 bits per heavy atom. The molecule has 2 aliphatic carbocycles. The van der Waals surface area contributed by atoms with Gasteiger partial charge in [-0.05, 0) is 102 Å². The van der Waals surface area contributed by atoms with Crippen LogP contribution in [0.5, 0.6) is 0 Å². The van der Waals surface area contributed by atoms with Gasteiger partial charge < -0.3 is 0 Å². The summed E-state index contributed by atoms with van der Waals surface area (Å²) >= 11 is 0. The number of rotatable bonds is 4. The van der Waals surface area contributed by atoms with Gasteiger partial charge in [0.15, 0.2) is 5.78 Å². The van der Waals surface area contributed by atoms with Gasteiger partial charge in [-0.2, -0.15) is 0 Å². The largest absolute Gasteiger partial charge is 0.289 e. The van der Waals surface area contributed by atoms with Gasteiger partial charge in [-0.15, -0.1) is 0 Å². The average Bonchev–Trinajstić information content (AvgIpc) is 3.51. The minimum atomic E-state index is -0.624. The summed E-state index contributed by atoms with van der Waals surface area (Å²) in [7, 11) is 0. The molecular weight excluding hydrogens is 617 g/mol. The van der Waals surface area contributed by atoms with Crippen molar-refractivity contribution in [2.75, 3.05) is 0 Å². The van der Waals surface area contributed by atoms with E-state index in [2.05, 4.69) is 182 Å². The Morgan fingerprint density at radius 1 is 0.255 bits per heavy atom. The number of hydrogen-bond donors (Lipinski definition) is 0. The van der Waals surface area contributed by atoms with Crippen LogP contribution in [0.25, 0.3) is 55.6 Å². The van der Waals surface area contributed by atoms with Gasteiger partial charge in [0.25, 0.3) is 0 Å². The first-order valence-electron chi connectivity index (χ1n) is 17.5. The summed E-state index contributed by atoms with van der Waals surface area (Å²) in [6, 6.07) is 68.8. The van der Waals surface area contributed by atoms with Crippen LogP contribution in [-0.4, -0.2) is 5.78 Å². The summed E-state index contributed by atoms with van der Waals surface area (Å²) in [6.07, 6.45) is 0. The third kappa shape index (κ3) is 4.45. The number of benzene rings is 8. The molecule has 0 unspecified atom stereocenters.